The van der Waals surface area contributed by atoms with E-state index < -0.39 is 0 Å². The first-order valence-corrected chi connectivity index (χ1v) is 4.16. The van der Waals surface area contributed by atoms with Crippen molar-refractivity contribution in [3.8, 4) is 0 Å². The number of aryl methyl sites for hydroxylation is 1. The van der Waals surface area contributed by atoms with E-state index >= 15 is 0 Å². The van der Waals surface area contributed by atoms with Gasteiger partial charge in [-0.05, 0) is 18.1 Å². The number of fused-ring (bicyclic) bond motifs is 1. The maximum Gasteiger partial charge on any atom is 0.0480 e. The molecule has 0 fully saturated rings. The van der Waals surface area contributed by atoms with E-state index in [1.807, 2.05) is 0 Å². The van der Waals surface area contributed by atoms with Crippen LogP contribution in [0, 0.1) is 6.42 Å². The topological polar surface area (TPSA) is 4.93 Å². The van der Waals surface area contributed by atoms with Crippen LogP contribution in [0.2, 0.25) is 0 Å². The van der Waals surface area contributed by atoms with Crippen LogP contribution < -0.4 is 0 Å². The number of hydrogen-bond donors (Lipinski definition) is 0. The number of hydrogen-bond acceptors (Lipinski definition) is 0. The van der Waals surface area contributed by atoms with Crippen molar-refractivity contribution in [1.29, 1.82) is 0 Å². The van der Waals surface area contributed by atoms with Crippen LogP contribution in [0.25, 0.3) is 10.9 Å². The van der Waals surface area contributed by atoms with Gasteiger partial charge in [0.2, 0.25) is 0 Å². The van der Waals surface area contributed by atoms with E-state index in [0.29, 0.717) is 0 Å². The van der Waals surface area contributed by atoms with E-state index in [-0.39, 0.29) is 0 Å². The third-order valence-electron chi connectivity index (χ3n) is 2.24. The van der Waals surface area contributed by atoms with Crippen LogP contribution in [0.3, 0.4) is 0 Å². The summed E-state index contributed by atoms with van der Waals surface area (Å²) in [6.07, 6.45) is 4.30. The molecule has 2 aromatic rings. The molecule has 1 heteroatoms. The smallest absolute Gasteiger partial charge is 0.0480 e. The molecule has 12 heavy (non-hydrogen) atoms. The molecule has 1 aromatic heterocycles. The minimum absolute atomic E-state index is 1.30. The number of nitrogens with zero attached hydrogens (tertiary/aromatic N) is 1. The molecule has 0 aliphatic heterocycles. The Kier molecular flexibility index (Phi) is 1.65. The quantitative estimate of drug-likeness (QED) is 0.601. The van der Waals surface area contributed by atoms with Gasteiger partial charge in [0, 0.05) is 24.1 Å². The lowest BCUT2D eigenvalue weighted by molar-refractivity contribution is 0.965. The maximum absolute atomic E-state index is 2.16. The lowest BCUT2D eigenvalue weighted by Crippen LogP contribution is -1.81. The van der Waals surface area contributed by atoms with Crippen LogP contribution in [0.15, 0.2) is 30.5 Å². The first-order valence-electron chi connectivity index (χ1n) is 4.16. The van der Waals surface area contributed by atoms with Crippen LogP contribution in [0.5, 0.6) is 0 Å². The Morgan fingerprint density at radius 3 is 2.75 bits per heavy atom. The fourth-order valence-electron chi connectivity index (χ4n) is 1.60. The molecule has 2 rings (SSSR count). The van der Waals surface area contributed by atoms with Crippen molar-refractivity contribution < 1.29 is 0 Å². The van der Waals surface area contributed by atoms with Crippen molar-refractivity contribution in [2.75, 3.05) is 0 Å². The molecule has 1 nitrogen and oxygen atoms in total. The average molecular weight is 158 g/mol. The standard InChI is InChI=1S/C11H12N/c1-3-9-8-12(2)11-7-5-4-6-10(9)11/h3-8H,1-2H3. The predicted octanol–water partition coefficient (Wildman–Crippen LogP) is 2.75. The molecular weight excluding hydrogens is 146 g/mol. The van der Waals surface area contributed by atoms with E-state index in [4.69, 9.17) is 0 Å². The van der Waals surface area contributed by atoms with E-state index in [2.05, 4.69) is 55.4 Å². The number of rotatable bonds is 1. The Morgan fingerprint density at radius 1 is 1.25 bits per heavy atom. The van der Waals surface area contributed by atoms with Crippen LogP contribution in [-0.2, 0) is 7.05 Å². The highest BCUT2D eigenvalue weighted by atomic mass is 14.9. The first kappa shape index (κ1) is 7.41. The van der Waals surface area contributed by atoms with Gasteiger partial charge >= 0.3 is 0 Å². The minimum atomic E-state index is 1.30. The van der Waals surface area contributed by atoms with Gasteiger partial charge < -0.3 is 4.57 Å². The first-order chi connectivity index (χ1) is 5.83. The summed E-state index contributed by atoms with van der Waals surface area (Å²) >= 11 is 0. The molecule has 0 amide bonds. The Morgan fingerprint density at radius 2 is 2.00 bits per heavy atom. The lowest BCUT2D eigenvalue weighted by Gasteiger charge is -1.93. The molecule has 0 saturated heterocycles. The van der Waals surface area contributed by atoms with Gasteiger partial charge in [0.05, 0.1) is 0 Å². The average Bonchev–Trinajstić information content (AvgIpc) is 2.44. The summed E-state index contributed by atoms with van der Waals surface area (Å²) in [5, 5.41) is 1.34. The lowest BCUT2D eigenvalue weighted by atomic mass is 10.1. The zero-order valence-electron chi connectivity index (χ0n) is 7.41. The van der Waals surface area contributed by atoms with E-state index in [9.17, 15) is 0 Å². The largest absolute Gasteiger partial charge is 0.350 e. The van der Waals surface area contributed by atoms with Crippen molar-refractivity contribution in [3.05, 3.63) is 42.4 Å². The highest BCUT2D eigenvalue weighted by Gasteiger charge is 2.02. The summed E-state index contributed by atoms with van der Waals surface area (Å²) in [4.78, 5) is 0. The SMILES string of the molecule is C[CH]c1cn(C)c2ccccc12. The van der Waals surface area contributed by atoms with Gasteiger partial charge in [-0.3, -0.25) is 0 Å². The van der Waals surface area contributed by atoms with E-state index in [0.717, 1.165) is 0 Å². The van der Waals surface area contributed by atoms with Gasteiger partial charge in [0.1, 0.15) is 0 Å². The van der Waals surface area contributed by atoms with Crippen LogP contribution in [-0.4, -0.2) is 4.57 Å². The Hall–Kier alpha value is -1.24. The summed E-state index contributed by atoms with van der Waals surface area (Å²) < 4.78 is 2.16. The van der Waals surface area contributed by atoms with Crippen LogP contribution in [0.4, 0.5) is 0 Å². The van der Waals surface area contributed by atoms with E-state index in [1.165, 1.54) is 16.5 Å². The Labute approximate surface area is 72.6 Å². The Bertz CT molecular complexity index is 398. The monoisotopic (exact) mass is 158 g/mol. The van der Waals surface area contributed by atoms with Crippen molar-refractivity contribution in [2.45, 2.75) is 6.92 Å². The predicted molar refractivity (Wildman–Crippen MR) is 52.0 cm³/mol. The van der Waals surface area contributed by atoms with Gasteiger partial charge in [0.25, 0.3) is 0 Å². The van der Waals surface area contributed by atoms with E-state index in [1.54, 1.807) is 0 Å². The number of para-hydroxylation sites is 1. The molecule has 0 bridgehead atoms. The van der Waals surface area contributed by atoms with Gasteiger partial charge in [-0.25, -0.2) is 0 Å². The molecular formula is C11H12N. The molecule has 0 aliphatic carbocycles. The van der Waals surface area contributed by atoms with Crippen molar-refractivity contribution in [2.24, 2.45) is 7.05 Å². The molecule has 0 spiro atoms. The van der Waals surface area contributed by atoms with Gasteiger partial charge in [-0.2, -0.15) is 0 Å². The number of benzene rings is 1. The third-order valence-corrected chi connectivity index (χ3v) is 2.24. The van der Waals surface area contributed by atoms with Crippen LogP contribution in [0.1, 0.15) is 12.5 Å². The second-order valence-electron chi connectivity index (χ2n) is 3.00. The normalized spacial score (nSPS) is 10.8. The molecule has 1 aromatic carbocycles. The highest BCUT2D eigenvalue weighted by Crippen LogP contribution is 2.20. The van der Waals surface area contributed by atoms with Gasteiger partial charge in [0.15, 0.2) is 0 Å². The molecule has 0 N–H and O–H groups in total. The fraction of sp³-hybridized carbons (Fsp3) is 0.182. The van der Waals surface area contributed by atoms with Crippen molar-refractivity contribution in [1.82, 2.24) is 4.57 Å². The summed E-state index contributed by atoms with van der Waals surface area (Å²) in [6, 6.07) is 8.45. The third kappa shape index (κ3) is 0.934. The highest BCUT2D eigenvalue weighted by molar-refractivity contribution is 5.84. The summed E-state index contributed by atoms with van der Waals surface area (Å²) in [5.41, 5.74) is 2.61. The fourth-order valence-corrected chi connectivity index (χ4v) is 1.60. The van der Waals surface area contributed by atoms with Crippen LogP contribution >= 0.6 is 0 Å². The molecule has 0 unspecified atom stereocenters. The van der Waals surface area contributed by atoms with Gasteiger partial charge in [-0.1, -0.05) is 25.1 Å². The zero-order chi connectivity index (χ0) is 8.55. The summed E-state index contributed by atoms with van der Waals surface area (Å²) in [7, 11) is 2.08. The second-order valence-corrected chi connectivity index (χ2v) is 3.00. The molecule has 0 atom stereocenters. The maximum atomic E-state index is 2.16. The van der Waals surface area contributed by atoms with Crippen molar-refractivity contribution in [3.63, 3.8) is 0 Å². The molecule has 61 valence electrons. The molecule has 0 saturated carbocycles. The Balaban J connectivity index is 2.82. The zero-order valence-corrected chi connectivity index (χ0v) is 7.41. The molecule has 0 aliphatic rings. The summed E-state index contributed by atoms with van der Waals surface area (Å²) in [5.74, 6) is 0. The minimum Gasteiger partial charge on any atom is -0.350 e. The van der Waals surface area contributed by atoms with Crippen molar-refractivity contribution >= 4 is 10.9 Å². The summed E-state index contributed by atoms with van der Waals surface area (Å²) in [6.45, 7) is 2.07. The molecule has 1 heterocycles. The van der Waals surface area contributed by atoms with Gasteiger partial charge in [-0.15, -0.1) is 0 Å². The molecule has 1 radical (unpaired) electrons. The number of aromatic nitrogens is 1. The second kappa shape index (κ2) is 2.67.